The third-order valence-corrected chi connectivity index (χ3v) is 3.34. The molecule has 1 N–H and O–H groups in total. The fourth-order valence-corrected chi connectivity index (χ4v) is 2.21. The zero-order chi connectivity index (χ0) is 14.8. The smallest absolute Gasteiger partial charge is 0.227 e. The normalized spacial score (nSPS) is 10.8. The van der Waals surface area contributed by atoms with Gasteiger partial charge in [-0.1, -0.05) is 35.9 Å². The predicted molar refractivity (Wildman–Crippen MR) is 79.1 cm³/mol. The van der Waals surface area contributed by atoms with Crippen molar-refractivity contribution in [2.75, 3.05) is 0 Å². The van der Waals surface area contributed by atoms with Crippen LogP contribution in [0.4, 0.5) is 4.39 Å². The summed E-state index contributed by atoms with van der Waals surface area (Å²) in [5, 5.41) is 10.8. The molecule has 0 fully saturated rings. The Bertz CT molecular complexity index is 807. The van der Waals surface area contributed by atoms with E-state index in [9.17, 15) is 9.50 Å². The number of halogens is 2. The largest absolute Gasteiger partial charge is 0.435 e. The van der Waals surface area contributed by atoms with E-state index in [1.165, 1.54) is 12.1 Å². The number of aliphatic hydroxyl groups is 1. The van der Waals surface area contributed by atoms with Crippen LogP contribution in [0.3, 0.4) is 0 Å². The average molecular weight is 304 g/mol. The number of nitrogens with zero attached hydrogens (tertiary/aromatic N) is 1. The van der Waals surface area contributed by atoms with Gasteiger partial charge in [0.25, 0.3) is 0 Å². The van der Waals surface area contributed by atoms with Gasteiger partial charge in [0.05, 0.1) is 17.3 Å². The molecular formula is C16H11ClFNO2. The van der Waals surface area contributed by atoms with Crippen molar-refractivity contribution in [1.82, 2.24) is 4.98 Å². The molecule has 3 nitrogen and oxygen atoms in total. The Hall–Kier alpha value is -2.17. The first-order chi connectivity index (χ1) is 10.2. The molecule has 0 aliphatic rings. The molecule has 1 aromatic heterocycles. The van der Waals surface area contributed by atoms with E-state index in [0.717, 1.165) is 10.8 Å². The third kappa shape index (κ3) is 2.68. The highest BCUT2D eigenvalue weighted by Gasteiger charge is 2.12. The summed E-state index contributed by atoms with van der Waals surface area (Å²) >= 11 is 5.74. The summed E-state index contributed by atoms with van der Waals surface area (Å²) in [5.41, 5.74) is 0.450. The number of fused-ring (bicyclic) bond motifs is 1. The van der Waals surface area contributed by atoms with Gasteiger partial charge in [0.1, 0.15) is 0 Å². The molecule has 5 heteroatoms. The van der Waals surface area contributed by atoms with E-state index in [1.54, 1.807) is 12.1 Å². The predicted octanol–water partition coefficient (Wildman–Crippen LogP) is 4.31. The van der Waals surface area contributed by atoms with Crippen LogP contribution < -0.4 is 4.74 Å². The van der Waals surface area contributed by atoms with E-state index >= 15 is 0 Å². The van der Waals surface area contributed by atoms with Crippen LogP contribution in [0.2, 0.25) is 5.02 Å². The van der Waals surface area contributed by atoms with E-state index in [1.807, 2.05) is 24.3 Å². The number of pyridine rings is 1. The molecule has 0 saturated heterocycles. The highest BCUT2D eigenvalue weighted by Crippen LogP contribution is 2.32. The second-order valence-corrected chi connectivity index (χ2v) is 4.86. The van der Waals surface area contributed by atoms with Crippen LogP contribution in [0.1, 0.15) is 5.69 Å². The molecule has 1 heterocycles. The first-order valence-electron chi connectivity index (χ1n) is 6.30. The van der Waals surface area contributed by atoms with E-state index in [4.69, 9.17) is 16.3 Å². The lowest BCUT2D eigenvalue weighted by Crippen LogP contribution is -1.96. The minimum absolute atomic E-state index is 0.00440. The Morgan fingerprint density at radius 3 is 2.76 bits per heavy atom. The fraction of sp³-hybridized carbons (Fsp3) is 0.0625. The van der Waals surface area contributed by atoms with Crippen LogP contribution in [0, 0.1) is 5.82 Å². The van der Waals surface area contributed by atoms with Gasteiger partial charge in [0, 0.05) is 5.39 Å². The Morgan fingerprint density at radius 1 is 1.14 bits per heavy atom. The molecule has 0 radical (unpaired) electrons. The maximum absolute atomic E-state index is 13.9. The maximum atomic E-state index is 13.9. The molecule has 0 atom stereocenters. The summed E-state index contributed by atoms with van der Waals surface area (Å²) in [6.07, 6.45) is 0. The van der Waals surface area contributed by atoms with Crippen LogP contribution in [0.15, 0.2) is 48.5 Å². The molecule has 21 heavy (non-hydrogen) atoms. The van der Waals surface area contributed by atoms with Gasteiger partial charge in [-0.2, -0.15) is 0 Å². The van der Waals surface area contributed by atoms with Crippen molar-refractivity contribution in [1.29, 1.82) is 0 Å². The molecule has 0 unspecified atom stereocenters. The maximum Gasteiger partial charge on any atom is 0.227 e. The highest BCUT2D eigenvalue weighted by molar-refractivity contribution is 6.30. The van der Waals surface area contributed by atoms with E-state index in [2.05, 4.69) is 4.98 Å². The molecular weight excluding hydrogens is 293 g/mol. The van der Waals surface area contributed by atoms with Gasteiger partial charge in [0.2, 0.25) is 5.88 Å². The molecule has 106 valence electrons. The Kier molecular flexibility index (Phi) is 3.73. The second-order valence-electron chi connectivity index (χ2n) is 4.45. The van der Waals surface area contributed by atoms with Gasteiger partial charge in [-0.15, -0.1) is 0 Å². The van der Waals surface area contributed by atoms with Crippen molar-refractivity contribution in [3.63, 3.8) is 0 Å². The van der Waals surface area contributed by atoms with Gasteiger partial charge in [-0.25, -0.2) is 9.37 Å². The number of aromatic nitrogens is 1. The quantitative estimate of drug-likeness (QED) is 0.784. The SMILES string of the molecule is OCc1cc2ccccc2c(Oc2cccc(Cl)c2F)n1. The van der Waals surface area contributed by atoms with Gasteiger partial charge in [-0.05, 0) is 29.7 Å². The summed E-state index contributed by atoms with van der Waals surface area (Å²) in [6, 6.07) is 13.7. The lowest BCUT2D eigenvalue weighted by Gasteiger charge is -2.10. The number of hydrogen-bond acceptors (Lipinski definition) is 3. The van der Waals surface area contributed by atoms with Crippen LogP contribution in [-0.4, -0.2) is 10.1 Å². The minimum Gasteiger partial charge on any atom is -0.435 e. The van der Waals surface area contributed by atoms with Crippen LogP contribution in [-0.2, 0) is 6.61 Å². The summed E-state index contributed by atoms with van der Waals surface area (Å²) < 4.78 is 19.5. The number of aliphatic hydroxyl groups excluding tert-OH is 1. The summed E-state index contributed by atoms with van der Waals surface area (Å²) in [6.45, 7) is -0.223. The minimum atomic E-state index is -0.639. The summed E-state index contributed by atoms with van der Waals surface area (Å²) in [5.74, 6) is -0.409. The number of hydrogen-bond donors (Lipinski definition) is 1. The molecule has 0 aliphatic heterocycles. The first kappa shape index (κ1) is 13.8. The zero-order valence-corrected chi connectivity index (χ0v) is 11.6. The van der Waals surface area contributed by atoms with Gasteiger partial charge >= 0.3 is 0 Å². The Balaban J connectivity index is 2.13. The second kappa shape index (κ2) is 5.68. The van der Waals surface area contributed by atoms with Crippen LogP contribution in [0.5, 0.6) is 11.6 Å². The van der Waals surface area contributed by atoms with Gasteiger partial charge in [-0.3, -0.25) is 0 Å². The van der Waals surface area contributed by atoms with Crippen molar-refractivity contribution in [2.24, 2.45) is 0 Å². The molecule has 0 bridgehead atoms. The monoisotopic (exact) mass is 303 g/mol. The molecule has 0 aliphatic carbocycles. The van der Waals surface area contributed by atoms with Gasteiger partial charge in [0.15, 0.2) is 11.6 Å². The van der Waals surface area contributed by atoms with Crippen molar-refractivity contribution >= 4 is 22.4 Å². The highest BCUT2D eigenvalue weighted by atomic mass is 35.5. The summed E-state index contributed by atoms with van der Waals surface area (Å²) in [7, 11) is 0. The standard InChI is InChI=1S/C16H11ClFNO2/c17-13-6-3-7-14(15(13)18)21-16-12-5-2-1-4-10(12)8-11(9-20)19-16/h1-8,20H,9H2. The lowest BCUT2D eigenvalue weighted by atomic mass is 10.1. The third-order valence-electron chi connectivity index (χ3n) is 3.04. The molecule has 3 rings (SSSR count). The topological polar surface area (TPSA) is 42.4 Å². The number of rotatable bonds is 3. The van der Waals surface area contributed by atoms with Crippen molar-refractivity contribution in [2.45, 2.75) is 6.61 Å². The molecule has 2 aromatic carbocycles. The zero-order valence-electron chi connectivity index (χ0n) is 10.9. The van der Waals surface area contributed by atoms with Crippen molar-refractivity contribution < 1.29 is 14.2 Å². The number of ether oxygens (including phenoxy) is 1. The van der Waals surface area contributed by atoms with E-state index in [-0.39, 0.29) is 23.3 Å². The average Bonchev–Trinajstić information content (AvgIpc) is 2.51. The molecule has 0 saturated carbocycles. The van der Waals surface area contributed by atoms with Gasteiger partial charge < -0.3 is 9.84 Å². The Labute approximate surface area is 125 Å². The molecule has 0 amide bonds. The van der Waals surface area contributed by atoms with E-state index in [0.29, 0.717) is 5.69 Å². The van der Waals surface area contributed by atoms with Crippen LogP contribution in [0.25, 0.3) is 10.8 Å². The van der Waals surface area contributed by atoms with Crippen LogP contribution >= 0.6 is 11.6 Å². The Morgan fingerprint density at radius 2 is 1.95 bits per heavy atom. The van der Waals surface area contributed by atoms with E-state index < -0.39 is 5.82 Å². The first-order valence-corrected chi connectivity index (χ1v) is 6.68. The van der Waals surface area contributed by atoms with Crippen molar-refractivity contribution in [3.8, 4) is 11.6 Å². The molecule has 0 spiro atoms. The lowest BCUT2D eigenvalue weighted by molar-refractivity contribution is 0.275. The summed E-state index contributed by atoms with van der Waals surface area (Å²) in [4.78, 5) is 4.20. The molecule has 3 aromatic rings. The number of benzene rings is 2. The fourth-order valence-electron chi connectivity index (χ4n) is 2.05. The van der Waals surface area contributed by atoms with Crippen molar-refractivity contribution in [3.05, 3.63) is 65.1 Å².